The monoisotopic (exact) mass is 291 g/mol. The van der Waals surface area contributed by atoms with E-state index in [1.165, 1.54) is 57.1 Å². The zero-order valence-corrected chi connectivity index (χ0v) is 14.2. The molecule has 0 fully saturated rings. The molecule has 0 aromatic heterocycles. The second-order valence-electron chi connectivity index (χ2n) is 6.09. The maximum Gasteiger partial charge on any atom is 0.119 e. The van der Waals surface area contributed by atoms with Crippen molar-refractivity contribution in [1.29, 1.82) is 0 Å². The number of ether oxygens (including phenoxy) is 1. The minimum atomic E-state index is 0.237. The zero-order valence-electron chi connectivity index (χ0n) is 14.2. The first-order valence-corrected chi connectivity index (χ1v) is 8.73. The third-order valence-corrected chi connectivity index (χ3v) is 3.59. The fourth-order valence-electron chi connectivity index (χ4n) is 2.42. The van der Waals surface area contributed by atoms with Crippen molar-refractivity contribution in [2.45, 2.75) is 78.2 Å². The Morgan fingerprint density at radius 1 is 0.857 bits per heavy atom. The highest BCUT2D eigenvalue weighted by atomic mass is 16.5. The van der Waals surface area contributed by atoms with Gasteiger partial charge in [-0.3, -0.25) is 0 Å². The predicted octanol–water partition coefficient (Wildman–Crippen LogP) is 6.03. The summed E-state index contributed by atoms with van der Waals surface area (Å²) in [4.78, 5) is 0. The summed E-state index contributed by atoms with van der Waals surface area (Å²) in [5.41, 5.74) is 1.19. The molecule has 0 spiro atoms. The van der Waals surface area contributed by atoms with Crippen molar-refractivity contribution in [2.75, 3.05) is 11.9 Å². The second kappa shape index (κ2) is 11.5. The molecule has 0 heterocycles. The zero-order chi connectivity index (χ0) is 15.3. The van der Waals surface area contributed by atoms with Crippen LogP contribution in [0.25, 0.3) is 0 Å². The first-order chi connectivity index (χ1) is 10.2. The van der Waals surface area contributed by atoms with Gasteiger partial charge in [-0.25, -0.2) is 0 Å². The van der Waals surface area contributed by atoms with Crippen molar-refractivity contribution >= 4 is 5.69 Å². The Bertz CT molecular complexity index is 345. The number of nitrogens with one attached hydrogen (secondary N) is 1. The highest BCUT2D eigenvalue weighted by Crippen LogP contribution is 2.17. The van der Waals surface area contributed by atoms with Crippen molar-refractivity contribution in [3.63, 3.8) is 0 Å². The summed E-state index contributed by atoms with van der Waals surface area (Å²) in [5.74, 6) is 0.947. The van der Waals surface area contributed by atoms with Gasteiger partial charge in [0.05, 0.1) is 6.10 Å². The lowest BCUT2D eigenvalue weighted by molar-refractivity contribution is 0.242. The summed E-state index contributed by atoms with van der Waals surface area (Å²) in [6.45, 7) is 7.44. The van der Waals surface area contributed by atoms with Gasteiger partial charge >= 0.3 is 0 Å². The number of unbranched alkanes of at least 4 members (excludes halogenated alkanes) is 7. The fraction of sp³-hybridized carbons (Fsp3) is 0.684. The number of benzene rings is 1. The molecular formula is C19H33NO. The SMILES string of the molecule is CCCCCCCCCCNc1ccc(OC(C)C)cc1. The molecule has 0 atom stereocenters. The smallest absolute Gasteiger partial charge is 0.119 e. The van der Waals surface area contributed by atoms with Crippen LogP contribution in [0.4, 0.5) is 5.69 Å². The van der Waals surface area contributed by atoms with Crippen LogP contribution >= 0.6 is 0 Å². The Hall–Kier alpha value is -1.18. The Labute approximate surface area is 131 Å². The van der Waals surface area contributed by atoms with E-state index in [0.29, 0.717) is 0 Å². The Balaban J connectivity index is 2.02. The van der Waals surface area contributed by atoms with Crippen LogP contribution in [0.3, 0.4) is 0 Å². The lowest BCUT2D eigenvalue weighted by Crippen LogP contribution is -2.05. The predicted molar refractivity (Wildman–Crippen MR) is 93.3 cm³/mol. The lowest BCUT2D eigenvalue weighted by Gasteiger charge is -2.11. The van der Waals surface area contributed by atoms with E-state index in [2.05, 4.69) is 38.2 Å². The minimum absolute atomic E-state index is 0.237. The topological polar surface area (TPSA) is 21.3 Å². The molecule has 0 aliphatic heterocycles. The van der Waals surface area contributed by atoms with Crippen molar-refractivity contribution in [2.24, 2.45) is 0 Å². The van der Waals surface area contributed by atoms with Gasteiger partial charge in [-0.15, -0.1) is 0 Å². The van der Waals surface area contributed by atoms with Gasteiger partial charge in [0.25, 0.3) is 0 Å². The molecule has 0 bridgehead atoms. The molecule has 0 saturated heterocycles. The van der Waals surface area contributed by atoms with Crippen LogP contribution in [0.5, 0.6) is 5.75 Å². The van der Waals surface area contributed by atoms with E-state index in [1.807, 2.05) is 12.1 Å². The second-order valence-corrected chi connectivity index (χ2v) is 6.09. The summed E-state index contributed by atoms with van der Waals surface area (Å²) in [6, 6.07) is 8.27. The molecule has 1 aromatic rings. The van der Waals surface area contributed by atoms with Gasteiger partial charge in [-0.1, -0.05) is 51.9 Å². The van der Waals surface area contributed by atoms with E-state index in [9.17, 15) is 0 Å². The van der Waals surface area contributed by atoms with E-state index in [4.69, 9.17) is 4.74 Å². The minimum Gasteiger partial charge on any atom is -0.491 e. The van der Waals surface area contributed by atoms with Crippen molar-refractivity contribution in [3.05, 3.63) is 24.3 Å². The van der Waals surface area contributed by atoms with Crippen LogP contribution in [0, 0.1) is 0 Å². The van der Waals surface area contributed by atoms with E-state index in [1.54, 1.807) is 0 Å². The lowest BCUT2D eigenvalue weighted by atomic mass is 10.1. The van der Waals surface area contributed by atoms with E-state index in [0.717, 1.165) is 12.3 Å². The highest BCUT2D eigenvalue weighted by Gasteiger charge is 1.98. The molecule has 1 rings (SSSR count). The number of hydrogen-bond acceptors (Lipinski definition) is 2. The Morgan fingerprint density at radius 2 is 1.43 bits per heavy atom. The van der Waals surface area contributed by atoms with Gasteiger partial charge in [0, 0.05) is 12.2 Å². The van der Waals surface area contributed by atoms with Gasteiger partial charge in [0.1, 0.15) is 5.75 Å². The molecule has 0 amide bonds. The largest absolute Gasteiger partial charge is 0.491 e. The molecular weight excluding hydrogens is 258 g/mol. The van der Waals surface area contributed by atoms with E-state index < -0.39 is 0 Å². The summed E-state index contributed by atoms with van der Waals surface area (Å²) in [5, 5.41) is 3.48. The molecule has 1 N–H and O–H groups in total. The molecule has 2 nitrogen and oxygen atoms in total. The van der Waals surface area contributed by atoms with Crippen LogP contribution in [0.2, 0.25) is 0 Å². The van der Waals surface area contributed by atoms with Crippen molar-refractivity contribution in [1.82, 2.24) is 0 Å². The third kappa shape index (κ3) is 9.38. The Morgan fingerprint density at radius 3 is 2.00 bits per heavy atom. The van der Waals surface area contributed by atoms with Crippen LogP contribution < -0.4 is 10.1 Å². The standard InChI is InChI=1S/C19H33NO/c1-4-5-6-7-8-9-10-11-16-20-18-12-14-19(15-13-18)21-17(2)3/h12-15,17,20H,4-11,16H2,1-3H3. The molecule has 1 aromatic carbocycles. The number of rotatable bonds is 12. The van der Waals surface area contributed by atoms with Crippen molar-refractivity contribution in [3.8, 4) is 5.75 Å². The molecule has 0 unspecified atom stereocenters. The fourth-order valence-corrected chi connectivity index (χ4v) is 2.42. The molecule has 0 aliphatic rings. The quantitative estimate of drug-likeness (QED) is 0.475. The normalized spacial score (nSPS) is 10.9. The average molecular weight is 291 g/mol. The Kier molecular flexibility index (Phi) is 9.77. The van der Waals surface area contributed by atoms with Gasteiger partial charge in [0.2, 0.25) is 0 Å². The first-order valence-electron chi connectivity index (χ1n) is 8.73. The number of anilines is 1. The molecule has 21 heavy (non-hydrogen) atoms. The van der Waals surface area contributed by atoms with Crippen LogP contribution in [0.1, 0.15) is 72.1 Å². The molecule has 2 heteroatoms. The molecule has 0 radical (unpaired) electrons. The van der Waals surface area contributed by atoms with Gasteiger partial charge in [0.15, 0.2) is 0 Å². The van der Waals surface area contributed by atoms with Crippen LogP contribution in [0.15, 0.2) is 24.3 Å². The van der Waals surface area contributed by atoms with Crippen molar-refractivity contribution < 1.29 is 4.74 Å². The van der Waals surface area contributed by atoms with E-state index in [-0.39, 0.29) is 6.10 Å². The highest BCUT2D eigenvalue weighted by molar-refractivity contribution is 5.46. The molecule has 120 valence electrons. The third-order valence-electron chi connectivity index (χ3n) is 3.59. The summed E-state index contributed by atoms with van der Waals surface area (Å²) >= 11 is 0. The van der Waals surface area contributed by atoms with Gasteiger partial charge < -0.3 is 10.1 Å². The van der Waals surface area contributed by atoms with Crippen LogP contribution in [-0.4, -0.2) is 12.6 Å². The first kappa shape index (κ1) is 17.9. The number of hydrogen-bond donors (Lipinski definition) is 1. The summed E-state index contributed by atoms with van der Waals surface area (Å²) < 4.78 is 5.64. The summed E-state index contributed by atoms with van der Waals surface area (Å²) in [7, 11) is 0. The van der Waals surface area contributed by atoms with E-state index >= 15 is 0 Å². The van der Waals surface area contributed by atoms with Crippen LogP contribution in [-0.2, 0) is 0 Å². The maximum absolute atomic E-state index is 5.64. The summed E-state index contributed by atoms with van der Waals surface area (Å²) in [6.07, 6.45) is 11.2. The molecule has 0 aliphatic carbocycles. The van der Waals surface area contributed by atoms with Gasteiger partial charge in [-0.2, -0.15) is 0 Å². The maximum atomic E-state index is 5.64. The molecule has 0 saturated carbocycles. The average Bonchev–Trinajstić information content (AvgIpc) is 2.47. The van der Waals surface area contributed by atoms with Gasteiger partial charge in [-0.05, 0) is 44.5 Å².